The number of phenols is 2. The molecular weight excluding hydrogens is 280 g/mol. The summed E-state index contributed by atoms with van der Waals surface area (Å²) in [6.45, 7) is 2.14. The van der Waals surface area contributed by atoms with Crippen LogP contribution < -0.4 is 5.32 Å². The molecule has 1 aliphatic rings. The predicted octanol–water partition coefficient (Wildman–Crippen LogP) is 3.33. The van der Waals surface area contributed by atoms with Crippen LogP contribution >= 0.6 is 0 Å². The highest BCUT2D eigenvalue weighted by Crippen LogP contribution is 2.31. The Labute approximate surface area is 130 Å². The molecule has 0 bridgehead atoms. The topological polar surface area (TPSA) is 81.9 Å². The fourth-order valence-electron chi connectivity index (χ4n) is 2.35. The van der Waals surface area contributed by atoms with E-state index in [4.69, 9.17) is 0 Å². The van der Waals surface area contributed by atoms with Gasteiger partial charge in [0.1, 0.15) is 17.3 Å². The minimum atomic E-state index is -0.0258. The lowest BCUT2D eigenvalue weighted by Crippen LogP contribution is -2.28. The van der Waals surface area contributed by atoms with Crippen molar-refractivity contribution >= 4 is 17.4 Å². The van der Waals surface area contributed by atoms with Gasteiger partial charge >= 0.3 is 0 Å². The Morgan fingerprint density at radius 3 is 2.82 bits per heavy atom. The van der Waals surface area contributed by atoms with E-state index in [1.165, 1.54) is 12.1 Å². The summed E-state index contributed by atoms with van der Waals surface area (Å²) in [5.74, 6) is 0.564. The Kier molecular flexibility index (Phi) is 5.58. The first kappa shape index (κ1) is 16.1. The molecular formula is C17H22N2O3. The van der Waals surface area contributed by atoms with Gasteiger partial charge in [-0.1, -0.05) is 32.3 Å². The van der Waals surface area contributed by atoms with Crippen LogP contribution in [0.2, 0.25) is 0 Å². The van der Waals surface area contributed by atoms with Gasteiger partial charge in [-0.05, 0) is 18.6 Å². The summed E-state index contributed by atoms with van der Waals surface area (Å²) in [6.07, 6.45) is 7.17. The van der Waals surface area contributed by atoms with Crippen molar-refractivity contribution in [1.29, 1.82) is 0 Å². The quantitative estimate of drug-likeness (QED) is 0.705. The maximum absolute atomic E-state index is 11.8. The number of hydrogen-bond acceptors (Lipinski definition) is 4. The molecule has 2 rings (SSSR count). The molecule has 1 aromatic carbocycles. The zero-order valence-electron chi connectivity index (χ0n) is 12.8. The number of aliphatic imine (C=N–C) groups is 1. The Morgan fingerprint density at radius 2 is 2.09 bits per heavy atom. The summed E-state index contributed by atoms with van der Waals surface area (Å²) in [7, 11) is 0. The molecule has 1 amide bonds. The third kappa shape index (κ3) is 4.35. The number of benzene rings is 1. The summed E-state index contributed by atoms with van der Waals surface area (Å²) in [5.41, 5.74) is 1.16. The molecule has 5 nitrogen and oxygen atoms in total. The largest absolute Gasteiger partial charge is 0.508 e. The van der Waals surface area contributed by atoms with E-state index < -0.39 is 0 Å². The molecule has 0 spiro atoms. The van der Waals surface area contributed by atoms with Crippen LogP contribution in [0.15, 0.2) is 29.3 Å². The van der Waals surface area contributed by atoms with E-state index in [1.807, 2.05) is 6.08 Å². The number of unbranched alkanes of at least 4 members (excludes halogenated alkanes) is 3. The highest BCUT2D eigenvalue weighted by atomic mass is 16.3. The van der Waals surface area contributed by atoms with E-state index in [-0.39, 0.29) is 17.4 Å². The summed E-state index contributed by atoms with van der Waals surface area (Å²) >= 11 is 0. The number of carbonyl (C=O) groups excluding carboxylic acids is 1. The van der Waals surface area contributed by atoms with Crippen LogP contribution in [0, 0.1) is 0 Å². The van der Waals surface area contributed by atoms with Gasteiger partial charge in [-0.3, -0.25) is 4.79 Å². The van der Waals surface area contributed by atoms with E-state index in [2.05, 4.69) is 17.2 Å². The number of phenolic OH excluding ortho intramolecular Hbond substituents is 2. The minimum Gasteiger partial charge on any atom is -0.508 e. The number of amidine groups is 1. The predicted molar refractivity (Wildman–Crippen MR) is 86.7 cm³/mol. The van der Waals surface area contributed by atoms with Gasteiger partial charge in [-0.25, -0.2) is 4.99 Å². The van der Waals surface area contributed by atoms with Gasteiger partial charge in [0.05, 0.1) is 5.70 Å². The first-order valence-electron chi connectivity index (χ1n) is 7.70. The summed E-state index contributed by atoms with van der Waals surface area (Å²) < 4.78 is 0. The van der Waals surface area contributed by atoms with Crippen molar-refractivity contribution in [2.75, 3.05) is 0 Å². The van der Waals surface area contributed by atoms with Gasteiger partial charge in [0.15, 0.2) is 0 Å². The van der Waals surface area contributed by atoms with Crippen LogP contribution in [-0.4, -0.2) is 22.0 Å². The average molecular weight is 302 g/mol. The van der Waals surface area contributed by atoms with Crippen LogP contribution in [0.25, 0.3) is 5.70 Å². The molecule has 3 N–H and O–H groups in total. The van der Waals surface area contributed by atoms with Gasteiger partial charge in [-0.2, -0.15) is 0 Å². The fourth-order valence-corrected chi connectivity index (χ4v) is 2.35. The zero-order chi connectivity index (χ0) is 15.9. The second kappa shape index (κ2) is 7.64. The number of nitrogens with zero attached hydrogens (tertiary/aromatic N) is 1. The molecule has 0 radical (unpaired) electrons. The summed E-state index contributed by atoms with van der Waals surface area (Å²) in [5, 5.41) is 21.9. The molecule has 0 fully saturated rings. The van der Waals surface area contributed by atoms with Gasteiger partial charge in [-0.15, -0.1) is 0 Å². The third-order valence-corrected chi connectivity index (χ3v) is 3.54. The van der Waals surface area contributed by atoms with Crippen molar-refractivity contribution in [1.82, 2.24) is 5.32 Å². The van der Waals surface area contributed by atoms with Crippen LogP contribution in [0.4, 0.5) is 0 Å². The maximum Gasteiger partial charge on any atom is 0.225 e. The normalized spacial score (nSPS) is 13.7. The second-order valence-corrected chi connectivity index (χ2v) is 5.41. The van der Waals surface area contributed by atoms with Crippen molar-refractivity contribution in [3.8, 4) is 11.5 Å². The van der Waals surface area contributed by atoms with Crippen molar-refractivity contribution < 1.29 is 15.0 Å². The van der Waals surface area contributed by atoms with Gasteiger partial charge in [0.25, 0.3) is 0 Å². The first-order valence-corrected chi connectivity index (χ1v) is 7.70. The van der Waals surface area contributed by atoms with Gasteiger partial charge < -0.3 is 15.5 Å². The minimum absolute atomic E-state index is 0.00410. The van der Waals surface area contributed by atoms with Crippen molar-refractivity contribution in [3.63, 3.8) is 0 Å². The van der Waals surface area contributed by atoms with Crippen molar-refractivity contribution in [2.45, 2.75) is 45.4 Å². The Hall–Kier alpha value is -2.30. The standard InChI is InChI=1S/C17H22N2O3/c1-2-3-4-5-6-17(22)19-16-10-9-14(18-16)13-8-7-12(20)11-15(13)21/h7-9,11,20-21H,2-6,10H2,1H3,(H,18,19,22). The number of carbonyl (C=O) groups is 1. The lowest BCUT2D eigenvalue weighted by molar-refractivity contribution is -0.119. The smallest absolute Gasteiger partial charge is 0.225 e. The summed E-state index contributed by atoms with van der Waals surface area (Å²) in [4.78, 5) is 16.2. The van der Waals surface area contributed by atoms with E-state index in [0.29, 0.717) is 29.9 Å². The third-order valence-electron chi connectivity index (χ3n) is 3.54. The molecule has 22 heavy (non-hydrogen) atoms. The molecule has 1 aliphatic heterocycles. The lowest BCUT2D eigenvalue weighted by Gasteiger charge is -2.05. The Morgan fingerprint density at radius 1 is 1.27 bits per heavy atom. The lowest BCUT2D eigenvalue weighted by atomic mass is 10.1. The molecule has 1 heterocycles. The molecule has 5 heteroatoms. The highest BCUT2D eigenvalue weighted by molar-refractivity contribution is 6.03. The molecule has 0 aliphatic carbocycles. The Bertz CT molecular complexity index is 606. The molecule has 0 aromatic heterocycles. The van der Waals surface area contributed by atoms with Crippen molar-refractivity contribution in [2.24, 2.45) is 4.99 Å². The molecule has 0 atom stereocenters. The van der Waals surface area contributed by atoms with Crippen LogP contribution in [0.5, 0.6) is 11.5 Å². The molecule has 118 valence electrons. The maximum atomic E-state index is 11.8. The number of hydrogen-bond donors (Lipinski definition) is 3. The Balaban J connectivity index is 1.89. The highest BCUT2D eigenvalue weighted by Gasteiger charge is 2.15. The zero-order valence-corrected chi connectivity index (χ0v) is 12.8. The average Bonchev–Trinajstić information content (AvgIpc) is 2.92. The second-order valence-electron chi connectivity index (χ2n) is 5.41. The van der Waals surface area contributed by atoms with Crippen LogP contribution in [0.1, 0.15) is 51.0 Å². The van der Waals surface area contributed by atoms with E-state index >= 15 is 0 Å². The van der Waals surface area contributed by atoms with Crippen LogP contribution in [0.3, 0.4) is 0 Å². The number of nitrogens with one attached hydrogen (secondary N) is 1. The number of rotatable bonds is 6. The molecule has 0 saturated heterocycles. The number of aromatic hydroxyl groups is 2. The van der Waals surface area contributed by atoms with Gasteiger partial charge in [0, 0.05) is 24.5 Å². The molecule has 1 aromatic rings. The fraction of sp³-hybridized carbons (Fsp3) is 0.412. The number of amides is 1. The van der Waals surface area contributed by atoms with Crippen molar-refractivity contribution in [3.05, 3.63) is 29.8 Å². The van der Waals surface area contributed by atoms with Gasteiger partial charge in [0.2, 0.25) is 5.91 Å². The van der Waals surface area contributed by atoms with E-state index in [0.717, 1.165) is 25.7 Å². The monoisotopic (exact) mass is 302 g/mol. The van der Waals surface area contributed by atoms with E-state index in [1.54, 1.807) is 6.07 Å². The molecule has 0 unspecified atom stereocenters. The van der Waals surface area contributed by atoms with Crippen LogP contribution in [-0.2, 0) is 4.79 Å². The first-order chi connectivity index (χ1) is 10.6. The SMILES string of the molecule is CCCCCCC(=O)NC1=NC(c2ccc(O)cc2O)=CC1. The summed E-state index contributed by atoms with van der Waals surface area (Å²) in [6, 6.07) is 4.38. The molecule has 0 saturated carbocycles. The van der Waals surface area contributed by atoms with E-state index in [9.17, 15) is 15.0 Å².